The average Bonchev–Trinajstić information content (AvgIpc) is 3.18. The van der Waals surface area contributed by atoms with Crippen LogP contribution in [-0.4, -0.2) is 30.3 Å². The van der Waals surface area contributed by atoms with Crippen LogP contribution in [0.25, 0.3) is 0 Å². The van der Waals surface area contributed by atoms with Gasteiger partial charge in [0.15, 0.2) is 0 Å². The summed E-state index contributed by atoms with van der Waals surface area (Å²) in [4.78, 5) is 2.16. The molecule has 0 amide bonds. The first-order valence-electron chi connectivity index (χ1n) is 7.01. The first-order chi connectivity index (χ1) is 9.11. The summed E-state index contributed by atoms with van der Waals surface area (Å²) in [6.45, 7) is 5.86. The number of nitrogens with zero attached hydrogens (tertiary/aromatic N) is 1. The van der Waals surface area contributed by atoms with Gasteiger partial charge in [0, 0.05) is 35.9 Å². The number of halogens is 1. The molecule has 0 bridgehead atoms. The maximum Gasteiger partial charge on any atom is 0.0606 e. The van der Waals surface area contributed by atoms with Crippen molar-refractivity contribution in [3.05, 3.63) is 28.8 Å². The number of hydrogen-bond acceptors (Lipinski definition) is 3. The van der Waals surface area contributed by atoms with Gasteiger partial charge in [-0.25, -0.2) is 0 Å². The van der Waals surface area contributed by atoms with E-state index in [1.165, 1.54) is 12.8 Å². The number of anilines is 1. The lowest BCUT2D eigenvalue weighted by atomic mass is 10.1. The fourth-order valence-corrected chi connectivity index (χ4v) is 2.43. The van der Waals surface area contributed by atoms with Crippen LogP contribution in [0.4, 0.5) is 5.69 Å². The van der Waals surface area contributed by atoms with E-state index in [4.69, 9.17) is 16.7 Å². The van der Waals surface area contributed by atoms with Crippen molar-refractivity contribution in [3.8, 4) is 0 Å². The van der Waals surface area contributed by atoms with Crippen molar-refractivity contribution in [2.75, 3.05) is 18.1 Å². The SMILES string of the molecule is CC(C)N(CCO)c1ccc(CNC2CC2)c(Cl)c1. The normalized spacial score (nSPS) is 15.0. The molecule has 19 heavy (non-hydrogen) atoms. The lowest BCUT2D eigenvalue weighted by molar-refractivity contribution is 0.299. The summed E-state index contributed by atoms with van der Waals surface area (Å²) in [7, 11) is 0. The molecule has 0 atom stereocenters. The van der Waals surface area contributed by atoms with E-state index in [1.54, 1.807) is 0 Å². The second-order valence-corrected chi connectivity index (χ2v) is 5.85. The molecule has 4 heteroatoms. The fourth-order valence-electron chi connectivity index (χ4n) is 2.19. The van der Waals surface area contributed by atoms with Crippen molar-refractivity contribution < 1.29 is 5.11 Å². The van der Waals surface area contributed by atoms with Crippen LogP contribution >= 0.6 is 11.6 Å². The van der Waals surface area contributed by atoms with E-state index < -0.39 is 0 Å². The highest BCUT2D eigenvalue weighted by Gasteiger charge is 2.20. The first kappa shape index (κ1) is 14.6. The molecule has 0 heterocycles. The molecule has 1 aromatic rings. The molecule has 1 saturated carbocycles. The highest BCUT2D eigenvalue weighted by Crippen LogP contribution is 2.26. The number of rotatable bonds is 7. The Hall–Kier alpha value is -0.770. The Kier molecular flexibility index (Phi) is 5.08. The minimum absolute atomic E-state index is 0.154. The molecule has 0 spiro atoms. The predicted octanol–water partition coefficient (Wildman–Crippen LogP) is 2.80. The topological polar surface area (TPSA) is 35.5 Å². The van der Waals surface area contributed by atoms with Crippen LogP contribution in [0.1, 0.15) is 32.3 Å². The second kappa shape index (κ2) is 6.60. The van der Waals surface area contributed by atoms with E-state index >= 15 is 0 Å². The molecule has 2 N–H and O–H groups in total. The summed E-state index contributed by atoms with van der Waals surface area (Å²) >= 11 is 6.35. The number of nitrogens with one attached hydrogen (secondary N) is 1. The smallest absolute Gasteiger partial charge is 0.0606 e. The van der Waals surface area contributed by atoms with Crippen molar-refractivity contribution >= 4 is 17.3 Å². The Balaban J connectivity index is 2.06. The van der Waals surface area contributed by atoms with Gasteiger partial charge in [0.1, 0.15) is 0 Å². The molecule has 0 radical (unpaired) electrons. The summed E-state index contributed by atoms with van der Waals surface area (Å²) < 4.78 is 0. The Morgan fingerprint density at radius 3 is 2.68 bits per heavy atom. The summed E-state index contributed by atoms with van der Waals surface area (Å²) in [6.07, 6.45) is 2.57. The maximum absolute atomic E-state index is 9.14. The minimum Gasteiger partial charge on any atom is -0.395 e. The van der Waals surface area contributed by atoms with E-state index in [1.807, 2.05) is 6.07 Å². The predicted molar refractivity (Wildman–Crippen MR) is 80.9 cm³/mol. The number of aliphatic hydroxyl groups is 1. The lowest BCUT2D eigenvalue weighted by Gasteiger charge is -2.28. The zero-order valence-corrected chi connectivity index (χ0v) is 12.5. The molecule has 0 saturated heterocycles. The molecule has 0 unspecified atom stereocenters. The minimum atomic E-state index is 0.154. The van der Waals surface area contributed by atoms with Crippen molar-refractivity contribution in [1.29, 1.82) is 0 Å². The molecule has 1 aliphatic carbocycles. The number of benzene rings is 1. The van der Waals surface area contributed by atoms with Crippen LogP contribution in [-0.2, 0) is 6.54 Å². The Morgan fingerprint density at radius 2 is 2.16 bits per heavy atom. The molecule has 1 aromatic carbocycles. The summed E-state index contributed by atoms with van der Waals surface area (Å²) in [5.41, 5.74) is 2.22. The monoisotopic (exact) mass is 282 g/mol. The van der Waals surface area contributed by atoms with Crippen LogP contribution < -0.4 is 10.2 Å². The second-order valence-electron chi connectivity index (χ2n) is 5.44. The van der Waals surface area contributed by atoms with Gasteiger partial charge < -0.3 is 15.3 Å². The van der Waals surface area contributed by atoms with Crippen LogP contribution in [0.3, 0.4) is 0 Å². The van der Waals surface area contributed by atoms with Gasteiger partial charge in [-0.05, 0) is 44.4 Å². The van der Waals surface area contributed by atoms with E-state index in [9.17, 15) is 0 Å². The Morgan fingerprint density at radius 1 is 1.42 bits per heavy atom. The van der Waals surface area contributed by atoms with Crippen molar-refractivity contribution in [2.24, 2.45) is 0 Å². The van der Waals surface area contributed by atoms with Crippen LogP contribution in [0, 0.1) is 0 Å². The van der Waals surface area contributed by atoms with Crippen LogP contribution in [0.5, 0.6) is 0 Å². The van der Waals surface area contributed by atoms with Crippen molar-refractivity contribution in [1.82, 2.24) is 5.32 Å². The third kappa shape index (κ3) is 4.10. The molecule has 2 rings (SSSR count). The number of hydrogen-bond donors (Lipinski definition) is 2. The Labute approximate surface area is 120 Å². The molecule has 0 aliphatic heterocycles. The lowest BCUT2D eigenvalue weighted by Crippen LogP contribution is -2.33. The largest absolute Gasteiger partial charge is 0.395 e. The van der Waals surface area contributed by atoms with E-state index in [0.717, 1.165) is 22.8 Å². The van der Waals surface area contributed by atoms with Crippen molar-refractivity contribution in [3.63, 3.8) is 0 Å². The molecule has 3 nitrogen and oxygen atoms in total. The van der Waals surface area contributed by atoms with Crippen LogP contribution in [0.15, 0.2) is 18.2 Å². The molecule has 1 fully saturated rings. The summed E-state index contributed by atoms with van der Waals surface area (Å²) in [6, 6.07) is 7.21. The molecular formula is C15H23ClN2O. The molecule has 0 aromatic heterocycles. The quantitative estimate of drug-likeness (QED) is 0.807. The van der Waals surface area contributed by atoms with Gasteiger partial charge in [-0.2, -0.15) is 0 Å². The van der Waals surface area contributed by atoms with Gasteiger partial charge in [-0.1, -0.05) is 17.7 Å². The van der Waals surface area contributed by atoms with Gasteiger partial charge >= 0.3 is 0 Å². The van der Waals surface area contributed by atoms with Crippen molar-refractivity contribution in [2.45, 2.75) is 45.3 Å². The van der Waals surface area contributed by atoms with Gasteiger partial charge in [0.05, 0.1) is 6.61 Å². The third-order valence-corrected chi connectivity index (χ3v) is 3.84. The maximum atomic E-state index is 9.14. The number of aliphatic hydroxyl groups excluding tert-OH is 1. The Bertz CT molecular complexity index is 419. The summed E-state index contributed by atoms with van der Waals surface area (Å²) in [5.74, 6) is 0. The molecular weight excluding hydrogens is 260 g/mol. The first-order valence-corrected chi connectivity index (χ1v) is 7.39. The highest BCUT2D eigenvalue weighted by molar-refractivity contribution is 6.31. The van der Waals surface area contributed by atoms with Gasteiger partial charge in [0.2, 0.25) is 0 Å². The highest BCUT2D eigenvalue weighted by atomic mass is 35.5. The zero-order valence-electron chi connectivity index (χ0n) is 11.7. The van der Waals surface area contributed by atoms with Gasteiger partial charge in [0.25, 0.3) is 0 Å². The summed E-state index contributed by atoms with van der Waals surface area (Å²) in [5, 5.41) is 13.4. The third-order valence-electron chi connectivity index (χ3n) is 3.49. The zero-order chi connectivity index (χ0) is 13.8. The van der Waals surface area contributed by atoms with E-state index in [2.05, 4.69) is 36.2 Å². The molecule has 1 aliphatic rings. The van der Waals surface area contributed by atoms with Gasteiger partial charge in [-0.15, -0.1) is 0 Å². The molecule has 106 valence electrons. The fraction of sp³-hybridized carbons (Fsp3) is 0.600. The van der Waals surface area contributed by atoms with Crippen LogP contribution in [0.2, 0.25) is 5.02 Å². The average molecular weight is 283 g/mol. The standard InChI is InChI=1S/C15H23ClN2O/c1-11(2)18(7-8-19)14-6-3-12(15(16)9-14)10-17-13-4-5-13/h3,6,9,11,13,17,19H,4-5,7-8,10H2,1-2H3. The van der Waals surface area contributed by atoms with E-state index in [0.29, 0.717) is 18.6 Å². The van der Waals surface area contributed by atoms with Gasteiger partial charge in [-0.3, -0.25) is 0 Å². The van der Waals surface area contributed by atoms with E-state index in [-0.39, 0.29) is 6.61 Å².